The van der Waals surface area contributed by atoms with Crippen LogP contribution in [0.3, 0.4) is 0 Å². The number of nitrogens with one attached hydrogen (secondary N) is 1. The first kappa shape index (κ1) is 9.24. The highest BCUT2D eigenvalue weighted by Gasteiger charge is 2.13. The molecule has 0 saturated carbocycles. The molecule has 0 aliphatic carbocycles. The number of oxazole rings is 1. The van der Waals surface area contributed by atoms with Crippen LogP contribution >= 0.6 is 0 Å². The third kappa shape index (κ3) is 2.05. The summed E-state index contributed by atoms with van der Waals surface area (Å²) in [6.07, 6.45) is 0. The maximum absolute atomic E-state index is 10.7. The van der Waals surface area contributed by atoms with Crippen LogP contribution in [-0.2, 0) is 9.59 Å². The van der Waals surface area contributed by atoms with Crippen LogP contribution < -0.4 is 11.1 Å². The lowest BCUT2D eigenvalue weighted by molar-refractivity contribution is -0.134. The fourth-order valence-corrected chi connectivity index (χ4v) is 0.685. The second-order valence-electron chi connectivity index (χ2n) is 2.48. The molecule has 70 valence electrons. The van der Waals surface area contributed by atoms with Gasteiger partial charge in [-0.25, -0.2) is 0 Å². The Bertz CT molecular complexity index is 336. The summed E-state index contributed by atoms with van der Waals surface area (Å²) in [5.41, 5.74) is 5.36. The van der Waals surface area contributed by atoms with Crippen LogP contribution in [0.1, 0.15) is 11.5 Å². The number of nitrogens with zero attached hydrogens (tertiary/aromatic N) is 1. The van der Waals surface area contributed by atoms with Crippen molar-refractivity contribution in [3.8, 4) is 0 Å². The molecule has 1 rings (SSSR count). The van der Waals surface area contributed by atoms with Crippen molar-refractivity contribution in [2.45, 2.75) is 13.8 Å². The number of rotatable bonds is 1. The number of aromatic nitrogens is 1. The van der Waals surface area contributed by atoms with E-state index < -0.39 is 11.8 Å². The summed E-state index contributed by atoms with van der Waals surface area (Å²) < 4.78 is 4.98. The van der Waals surface area contributed by atoms with Gasteiger partial charge in [0.25, 0.3) is 0 Å². The minimum atomic E-state index is -1.08. The van der Waals surface area contributed by atoms with E-state index in [1.165, 1.54) is 0 Å². The van der Waals surface area contributed by atoms with Crippen molar-refractivity contribution in [2.24, 2.45) is 5.73 Å². The van der Waals surface area contributed by atoms with Crippen molar-refractivity contribution in [1.29, 1.82) is 0 Å². The summed E-state index contributed by atoms with van der Waals surface area (Å²) in [6.45, 7) is 3.42. The van der Waals surface area contributed by atoms with Gasteiger partial charge in [-0.1, -0.05) is 0 Å². The zero-order valence-corrected chi connectivity index (χ0v) is 7.25. The van der Waals surface area contributed by atoms with Crippen molar-refractivity contribution in [1.82, 2.24) is 4.98 Å². The lowest BCUT2D eigenvalue weighted by atomic mass is 10.4. The predicted octanol–water partition coefficient (Wildman–Crippen LogP) is -0.285. The molecule has 0 atom stereocenters. The molecule has 1 aromatic heterocycles. The number of primary amides is 1. The molecule has 0 spiro atoms. The molecule has 0 aromatic carbocycles. The van der Waals surface area contributed by atoms with Gasteiger partial charge in [-0.15, -0.1) is 0 Å². The van der Waals surface area contributed by atoms with Gasteiger partial charge in [0.1, 0.15) is 5.76 Å². The SMILES string of the molecule is Cc1nc(NC(=O)C(N)=O)oc1C. The Labute approximate surface area is 74.1 Å². The summed E-state index contributed by atoms with van der Waals surface area (Å²) in [4.78, 5) is 24.9. The third-order valence-electron chi connectivity index (χ3n) is 1.47. The standard InChI is InChI=1S/C7H9N3O3/c1-3-4(2)13-7(9-3)10-6(12)5(8)11/h1-2H3,(H2,8,11)(H,9,10,12). The van der Waals surface area contributed by atoms with E-state index in [0.29, 0.717) is 11.5 Å². The normalized spacial score (nSPS) is 9.69. The topological polar surface area (TPSA) is 98.2 Å². The molecule has 6 nitrogen and oxygen atoms in total. The number of hydrogen-bond acceptors (Lipinski definition) is 4. The molecule has 13 heavy (non-hydrogen) atoms. The molecule has 0 unspecified atom stereocenters. The summed E-state index contributed by atoms with van der Waals surface area (Å²) in [5.74, 6) is -1.44. The molecule has 0 fully saturated rings. The summed E-state index contributed by atoms with van der Waals surface area (Å²) in [7, 11) is 0. The Hall–Kier alpha value is -1.85. The minimum Gasteiger partial charge on any atom is -0.428 e. The highest BCUT2D eigenvalue weighted by Crippen LogP contribution is 2.12. The molecule has 0 bridgehead atoms. The van der Waals surface area contributed by atoms with Crippen LogP contribution in [0.25, 0.3) is 0 Å². The highest BCUT2D eigenvalue weighted by molar-refractivity contribution is 6.38. The molecule has 1 heterocycles. The van der Waals surface area contributed by atoms with Crippen molar-refractivity contribution in [2.75, 3.05) is 5.32 Å². The van der Waals surface area contributed by atoms with Gasteiger partial charge in [0.15, 0.2) is 0 Å². The first-order chi connectivity index (χ1) is 6.00. The lowest BCUT2D eigenvalue weighted by Gasteiger charge is -1.93. The molecule has 3 N–H and O–H groups in total. The zero-order chi connectivity index (χ0) is 10.0. The Balaban J connectivity index is 2.75. The van der Waals surface area contributed by atoms with Gasteiger partial charge in [-0.05, 0) is 13.8 Å². The second-order valence-corrected chi connectivity index (χ2v) is 2.48. The lowest BCUT2D eigenvalue weighted by Crippen LogP contribution is -2.29. The summed E-state index contributed by atoms with van der Waals surface area (Å²) >= 11 is 0. The highest BCUT2D eigenvalue weighted by atomic mass is 16.4. The molecular formula is C7H9N3O3. The van der Waals surface area contributed by atoms with Gasteiger partial charge in [0, 0.05) is 0 Å². The van der Waals surface area contributed by atoms with E-state index in [2.05, 4.69) is 10.3 Å². The number of aryl methyl sites for hydroxylation is 2. The van der Waals surface area contributed by atoms with Crippen LogP contribution in [0.4, 0.5) is 6.01 Å². The fourth-order valence-electron chi connectivity index (χ4n) is 0.685. The van der Waals surface area contributed by atoms with Gasteiger partial charge in [0.2, 0.25) is 0 Å². The van der Waals surface area contributed by atoms with Crippen LogP contribution in [-0.4, -0.2) is 16.8 Å². The van der Waals surface area contributed by atoms with Crippen molar-refractivity contribution in [3.05, 3.63) is 11.5 Å². The quantitative estimate of drug-likeness (QED) is 0.584. The molecular weight excluding hydrogens is 174 g/mol. The number of nitrogens with two attached hydrogens (primary N) is 1. The van der Waals surface area contributed by atoms with E-state index in [0.717, 1.165) is 0 Å². The van der Waals surface area contributed by atoms with Crippen molar-refractivity contribution < 1.29 is 14.0 Å². The van der Waals surface area contributed by atoms with E-state index in [-0.39, 0.29) is 6.01 Å². The van der Waals surface area contributed by atoms with Gasteiger partial charge in [0.05, 0.1) is 5.69 Å². The monoisotopic (exact) mass is 183 g/mol. The molecule has 2 amide bonds. The Morgan fingerprint density at radius 3 is 2.46 bits per heavy atom. The van der Waals surface area contributed by atoms with E-state index in [1.807, 2.05) is 0 Å². The van der Waals surface area contributed by atoms with Gasteiger partial charge < -0.3 is 10.2 Å². The van der Waals surface area contributed by atoms with E-state index in [9.17, 15) is 9.59 Å². The van der Waals surface area contributed by atoms with Crippen LogP contribution in [0.2, 0.25) is 0 Å². The first-order valence-electron chi connectivity index (χ1n) is 3.55. The van der Waals surface area contributed by atoms with Crippen LogP contribution in [0, 0.1) is 13.8 Å². The maximum Gasteiger partial charge on any atom is 0.317 e. The summed E-state index contributed by atoms with van der Waals surface area (Å²) in [6, 6.07) is -0.0150. The molecule has 0 aliphatic heterocycles. The van der Waals surface area contributed by atoms with Crippen LogP contribution in [0.5, 0.6) is 0 Å². The molecule has 0 radical (unpaired) electrons. The molecule has 0 saturated heterocycles. The van der Waals surface area contributed by atoms with Gasteiger partial charge in [-0.3, -0.25) is 14.9 Å². The Morgan fingerprint density at radius 2 is 2.08 bits per heavy atom. The number of anilines is 1. The van der Waals surface area contributed by atoms with Gasteiger partial charge >= 0.3 is 17.8 Å². The smallest absolute Gasteiger partial charge is 0.317 e. The number of carbonyl (C=O) groups is 2. The molecule has 0 aliphatic rings. The first-order valence-corrected chi connectivity index (χ1v) is 3.55. The third-order valence-corrected chi connectivity index (χ3v) is 1.47. The maximum atomic E-state index is 10.7. The van der Waals surface area contributed by atoms with E-state index >= 15 is 0 Å². The fraction of sp³-hybridized carbons (Fsp3) is 0.286. The van der Waals surface area contributed by atoms with E-state index in [1.54, 1.807) is 13.8 Å². The molecule has 1 aromatic rings. The average molecular weight is 183 g/mol. The number of carbonyl (C=O) groups excluding carboxylic acids is 2. The Kier molecular flexibility index (Phi) is 2.32. The largest absolute Gasteiger partial charge is 0.428 e. The minimum absolute atomic E-state index is 0.0150. The van der Waals surface area contributed by atoms with Crippen molar-refractivity contribution in [3.63, 3.8) is 0 Å². The number of amides is 2. The second kappa shape index (κ2) is 3.26. The zero-order valence-electron chi connectivity index (χ0n) is 7.25. The van der Waals surface area contributed by atoms with E-state index in [4.69, 9.17) is 10.2 Å². The van der Waals surface area contributed by atoms with Crippen LogP contribution in [0.15, 0.2) is 4.42 Å². The van der Waals surface area contributed by atoms with Crippen molar-refractivity contribution >= 4 is 17.8 Å². The van der Waals surface area contributed by atoms with Gasteiger partial charge in [-0.2, -0.15) is 4.98 Å². The average Bonchev–Trinajstić information content (AvgIpc) is 2.31. The molecule has 6 heteroatoms. The summed E-state index contributed by atoms with van der Waals surface area (Å²) in [5, 5.41) is 2.11. The predicted molar refractivity (Wildman–Crippen MR) is 43.8 cm³/mol. The Morgan fingerprint density at radius 1 is 1.46 bits per heavy atom. The number of hydrogen-bond donors (Lipinski definition) is 2.